The summed E-state index contributed by atoms with van der Waals surface area (Å²) in [5, 5.41) is 0. The summed E-state index contributed by atoms with van der Waals surface area (Å²) >= 11 is 0. The van der Waals surface area contributed by atoms with Crippen molar-refractivity contribution < 1.29 is 9.53 Å². The molecule has 0 radical (unpaired) electrons. The van der Waals surface area contributed by atoms with E-state index in [1.165, 1.54) is 25.2 Å². The molecule has 1 atom stereocenters. The van der Waals surface area contributed by atoms with E-state index in [2.05, 4.69) is 37.7 Å². The molecule has 108 valence electrons. The average molecular weight is 264 g/mol. The summed E-state index contributed by atoms with van der Waals surface area (Å²) in [6, 6.07) is 0. The van der Waals surface area contributed by atoms with Crippen LogP contribution in [0.2, 0.25) is 0 Å². The number of allylic oxidation sites excluding steroid dienone is 5. The molecule has 0 spiro atoms. The maximum atomic E-state index is 11.0. The molecule has 2 heteroatoms. The molecule has 1 unspecified atom stereocenters. The lowest BCUT2D eigenvalue weighted by Gasteiger charge is -2.06. The molecule has 0 aliphatic carbocycles. The van der Waals surface area contributed by atoms with Crippen LogP contribution in [0.15, 0.2) is 35.5 Å². The molecule has 0 heterocycles. The SMILES string of the molecule is CCC(C)=CCCC(C)CC=CC(C)=CC(=O)OC. The first-order valence-electron chi connectivity index (χ1n) is 7.08. The van der Waals surface area contributed by atoms with Gasteiger partial charge in [0.2, 0.25) is 0 Å². The molecule has 0 aliphatic rings. The fourth-order valence-corrected chi connectivity index (χ4v) is 1.66. The number of hydrogen-bond donors (Lipinski definition) is 0. The van der Waals surface area contributed by atoms with E-state index in [0.717, 1.165) is 24.8 Å². The highest BCUT2D eigenvalue weighted by molar-refractivity contribution is 5.83. The average Bonchev–Trinajstić information content (AvgIpc) is 2.38. The zero-order chi connectivity index (χ0) is 14.7. The van der Waals surface area contributed by atoms with Gasteiger partial charge in [-0.3, -0.25) is 0 Å². The predicted octanol–water partition coefficient (Wildman–Crippen LogP) is 4.82. The Hall–Kier alpha value is -1.31. The first-order valence-corrected chi connectivity index (χ1v) is 7.08. The van der Waals surface area contributed by atoms with Gasteiger partial charge in [-0.2, -0.15) is 0 Å². The van der Waals surface area contributed by atoms with E-state index in [0.29, 0.717) is 5.92 Å². The van der Waals surface area contributed by atoms with Gasteiger partial charge in [0.15, 0.2) is 0 Å². The monoisotopic (exact) mass is 264 g/mol. The lowest BCUT2D eigenvalue weighted by atomic mass is 10.00. The van der Waals surface area contributed by atoms with Gasteiger partial charge in [-0.1, -0.05) is 37.6 Å². The Kier molecular flexibility index (Phi) is 9.87. The maximum Gasteiger partial charge on any atom is 0.330 e. The summed E-state index contributed by atoms with van der Waals surface area (Å²) in [6.45, 7) is 8.55. The zero-order valence-electron chi connectivity index (χ0n) is 13.0. The Morgan fingerprint density at radius 3 is 2.58 bits per heavy atom. The third-order valence-corrected chi connectivity index (χ3v) is 3.18. The van der Waals surface area contributed by atoms with Crippen molar-refractivity contribution in [3.05, 3.63) is 35.5 Å². The predicted molar refractivity (Wildman–Crippen MR) is 82.0 cm³/mol. The van der Waals surface area contributed by atoms with Crippen molar-refractivity contribution in [3.63, 3.8) is 0 Å². The molecule has 0 aromatic heterocycles. The van der Waals surface area contributed by atoms with Gasteiger partial charge in [-0.25, -0.2) is 4.79 Å². The van der Waals surface area contributed by atoms with Gasteiger partial charge < -0.3 is 4.74 Å². The molecular formula is C17H28O2. The van der Waals surface area contributed by atoms with Crippen molar-refractivity contribution in [2.75, 3.05) is 7.11 Å². The van der Waals surface area contributed by atoms with Gasteiger partial charge in [0.25, 0.3) is 0 Å². The summed E-state index contributed by atoms with van der Waals surface area (Å²) < 4.78 is 4.58. The van der Waals surface area contributed by atoms with E-state index in [1.54, 1.807) is 0 Å². The third kappa shape index (κ3) is 10.3. The van der Waals surface area contributed by atoms with Crippen LogP contribution in [0.4, 0.5) is 0 Å². The van der Waals surface area contributed by atoms with Crippen molar-refractivity contribution in [3.8, 4) is 0 Å². The van der Waals surface area contributed by atoms with Crippen molar-refractivity contribution in [1.29, 1.82) is 0 Å². The van der Waals surface area contributed by atoms with E-state index in [-0.39, 0.29) is 5.97 Å². The Balaban J connectivity index is 3.99. The first-order chi connectivity index (χ1) is 8.99. The molecule has 0 aliphatic heterocycles. The summed E-state index contributed by atoms with van der Waals surface area (Å²) in [6.07, 6.45) is 12.5. The molecule has 0 saturated heterocycles. The summed E-state index contributed by atoms with van der Waals surface area (Å²) in [4.78, 5) is 11.0. The molecule has 0 amide bonds. The van der Waals surface area contributed by atoms with Crippen LogP contribution in [0.25, 0.3) is 0 Å². The van der Waals surface area contributed by atoms with Crippen molar-refractivity contribution >= 4 is 5.97 Å². The van der Waals surface area contributed by atoms with Crippen LogP contribution in [0.5, 0.6) is 0 Å². The number of methoxy groups -OCH3 is 1. The molecule has 0 aromatic rings. The summed E-state index contributed by atoms with van der Waals surface area (Å²) in [5.74, 6) is 0.374. The minimum absolute atomic E-state index is 0.296. The standard InChI is InChI=1S/C17H28O2/c1-6-14(2)9-7-10-15(3)11-8-12-16(4)13-17(18)19-5/h8-9,12-13,15H,6-7,10-11H2,1-5H3. The summed E-state index contributed by atoms with van der Waals surface area (Å²) in [5.41, 5.74) is 2.40. The Bertz CT molecular complexity index is 348. The van der Waals surface area contributed by atoms with E-state index in [4.69, 9.17) is 0 Å². The molecule has 0 aromatic carbocycles. The van der Waals surface area contributed by atoms with Crippen LogP contribution in [0, 0.1) is 5.92 Å². The van der Waals surface area contributed by atoms with Gasteiger partial charge in [-0.15, -0.1) is 0 Å². The van der Waals surface area contributed by atoms with Crippen LogP contribution in [-0.4, -0.2) is 13.1 Å². The van der Waals surface area contributed by atoms with Crippen LogP contribution in [0.1, 0.15) is 53.4 Å². The number of hydrogen-bond acceptors (Lipinski definition) is 2. The van der Waals surface area contributed by atoms with Gasteiger partial charge in [0.05, 0.1) is 7.11 Å². The molecule has 0 saturated carbocycles. The fourth-order valence-electron chi connectivity index (χ4n) is 1.66. The second-order valence-corrected chi connectivity index (χ2v) is 5.14. The van der Waals surface area contributed by atoms with E-state index in [9.17, 15) is 4.79 Å². The maximum absolute atomic E-state index is 11.0. The highest BCUT2D eigenvalue weighted by atomic mass is 16.5. The van der Waals surface area contributed by atoms with Crippen molar-refractivity contribution in [2.45, 2.75) is 53.4 Å². The second kappa shape index (κ2) is 10.6. The molecule has 0 fully saturated rings. The summed E-state index contributed by atoms with van der Waals surface area (Å²) in [7, 11) is 1.39. The number of carbonyl (C=O) groups is 1. The quantitative estimate of drug-likeness (QED) is 0.272. The first kappa shape index (κ1) is 17.7. The van der Waals surface area contributed by atoms with Gasteiger partial charge >= 0.3 is 5.97 Å². The minimum atomic E-state index is -0.296. The van der Waals surface area contributed by atoms with E-state index < -0.39 is 0 Å². The van der Waals surface area contributed by atoms with Crippen LogP contribution in [0.3, 0.4) is 0 Å². The number of esters is 1. The second-order valence-electron chi connectivity index (χ2n) is 5.14. The number of ether oxygens (including phenoxy) is 1. The highest BCUT2D eigenvalue weighted by Gasteiger charge is 1.98. The van der Waals surface area contributed by atoms with Gasteiger partial charge in [0, 0.05) is 6.08 Å². The zero-order valence-corrected chi connectivity index (χ0v) is 13.0. The molecule has 0 N–H and O–H groups in total. The third-order valence-electron chi connectivity index (χ3n) is 3.18. The smallest absolute Gasteiger partial charge is 0.330 e. The molecule has 0 bridgehead atoms. The van der Waals surface area contributed by atoms with E-state index >= 15 is 0 Å². The van der Waals surface area contributed by atoms with Crippen LogP contribution < -0.4 is 0 Å². The number of carbonyl (C=O) groups excluding carboxylic acids is 1. The Morgan fingerprint density at radius 1 is 1.32 bits per heavy atom. The largest absolute Gasteiger partial charge is 0.466 e. The molecule has 19 heavy (non-hydrogen) atoms. The van der Waals surface area contributed by atoms with Gasteiger partial charge in [0.1, 0.15) is 0 Å². The highest BCUT2D eigenvalue weighted by Crippen LogP contribution is 2.13. The van der Waals surface area contributed by atoms with E-state index in [1.807, 2.05) is 13.0 Å². The normalized spacial score (nSPS) is 14.8. The number of rotatable bonds is 8. The van der Waals surface area contributed by atoms with Crippen molar-refractivity contribution in [1.82, 2.24) is 0 Å². The van der Waals surface area contributed by atoms with Crippen molar-refractivity contribution in [2.24, 2.45) is 5.92 Å². The minimum Gasteiger partial charge on any atom is -0.466 e. The molecule has 0 rings (SSSR count). The molecular weight excluding hydrogens is 236 g/mol. The van der Waals surface area contributed by atoms with Crippen LogP contribution in [-0.2, 0) is 9.53 Å². The van der Waals surface area contributed by atoms with Gasteiger partial charge in [-0.05, 0) is 51.0 Å². The molecule has 2 nitrogen and oxygen atoms in total. The fraction of sp³-hybridized carbons (Fsp3) is 0.588. The lowest BCUT2D eigenvalue weighted by molar-refractivity contribution is -0.134. The topological polar surface area (TPSA) is 26.3 Å². The Morgan fingerprint density at radius 2 is 2.00 bits per heavy atom. The Labute approximate surface area is 118 Å². The lowest BCUT2D eigenvalue weighted by Crippen LogP contribution is -1.95. The van der Waals surface area contributed by atoms with Crippen LogP contribution >= 0.6 is 0 Å².